The molecule has 13 aromatic rings. The zero-order valence-corrected chi connectivity index (χ0v) is 38.3. The van der Waals surface area contributed by atoms with Crippen LogP contribution in [0, 0.1) is 0 Å². The molecule has 0 fully saturated rings. The van der Waals surface area contributed by atoms with Crippen molar-refractivity contribution in [2.75, 3.05) is 4.90 Å². The van der Waals surface area contributed by atoms with Gasteiger partial charge in [-0.25, -0.2) is 0 Å². The molecule has 2 aromatic heterocycles. The molecule has 0 radical (unpaired) electrons. The fourth-order valence-corrected chi connectivity index (χ4v) is 11.8. The predicted octanol–water partition coefficient (Wildman–Crippen LogP) is 17.4. The average Bonchev–Trinajstić information content (AvgIpc) is 4.06. The van der Waals surface area contributed by atoms with Gasteiger partial charge in [-0.2, -0.15) is 0 Å². The molecule has 3 heteroatoms. The second-order valence-corrected chi connectivity index (χ2v) is 18.5. The van der Waals surface area contributed by atoms with Crippen molar-refractivity contribution in [2.45, 2.75) is 5.41 Å². The fourth-order valence-electron chi connectivity index (χ4n) is 11.8. The largest absolute Gasteiger partial charge is 0.310 e. The number of fused-ring (bicyclic) bond motifs is 9. The normalized spacial score (nSPS) is 12.7. The zero-order chi connectivity index (χ0) is 46.2. The van der Waals surface area contributed by atoms with Gasteiger partial charge in [0.05, 0.1) is 27.5 Å². The molecule has 0 bridgehead atoms. The summed E-state index contributed by atoms with van der Waals surface area (Å²) >= 11 is 0. The number of nitrogens with zero attached hydrogens (tertiary/aromatic N) is 3. The minimum atomic E-state index is -0.545. The van der Waals surface area contributed by atoms with Crippen LogP contribution in [-0.4, -0.2) is 9.13 Å². The molecule has 0 saturated carbocycles. The molecule has 328 valence electrons. The molecule has 0 aliphatic heterocycles. The van der Waals surface area contributed by atoms with Crippen molar-refractivity contribution in [3.63, 3.8) is 0 Å². The predicted molar refractivity (Wildman–Crippen MR) is 293 cm³/mol. The number of anilines is 3. The van der Waals surface area contributed by atoms with Crippen LogP contribution in [0.1, 0.15) is 22.3 Å². The first kappa shape index (κ1) is 39.9. The Hall–Kier alpha value is -9.18. The van der Waals surface area contributed by atoms with Gasteiger partial charge in [-0.15, -0.1) is 0 Å². The summed E-state index contributed by atoms with van der Waals surface area (Å²) in [6.45, 7) is 0. The maximum Gasteiger partial charge on any atom is 0.0714 e. The fraction of sp³-hybridized carbons (Fsp3) is 0.0149. The van der Waals surface area contributed by atoms with Crippen LogP contribution >= 0.6 is 0 Å². The second kappa shape index (κ2) is 16.0. The number of aromatic nitrogens is 2. The molecular formula is C67H45N3. The molecule has 0 amide bonds. The minimum Gasteiger partial charge on any atom is -0.310 e. The summed E-state index contributed by atoms with van der Waals surface area (Å²) in [4.78, 5) is 2.46. The van der Waals surface area contributed by atoms with Crippen molar-refractivity contribution in [3.8, 4) is 33.6 Å². The van der Waals surface area contributed by atoms with Crippen LogP contribution in [-0.2, 0) is 5.41 Å². The lowest BCUT2D eigenvalue weighted by Crippen LogP contribution is -2.28. The molecule has 0 N–H and O–H groups in total. The number of para-hydroxylation sites is 5. The number of hydrogen-bond donors (Lipinski definition) is 0. The lowest BCUT2D eigenvalue weighted by atomic mass is 9.67. The Morgan fingerprint density at radius 1 is 0.271 bits per heavy atom. The van der Waals surface area contributed by atoms with Crippen LogP contribution in [0.5, 0.6) is 0 Å². The van der Waals surface area contributed by atoms with E-state index in [4.69, 9.17) is 0 Å². The van der Waals surface area contributed by atoms with E-state index in [9.17, 15) is 0 Å². The monoisotopic (exact) mass is 891 g/mol. The van der Waals surface area contributed by atoms with E-state index < -0.39 is 5.41 Å². The molecule has 14 rings (SSSR count). The van der Waals surface area contributed by atoms with Gasteiger partial charge >= 0.3 is 0 Å². The first-order chi connectivity index (χ1) is 34.7. The van der Waals surface area contributed by atoms with Gasteiger partial charge in [0.25, 0.3) is 0 Å². The summed E-state index contributed by atoms with van der Waals surface area (Å²) < 4.78 is 4.85. The summed E-state index contributed by atoms with van der Waals surface area (Å²) in [5.74, 6) is 0. The quantitative estimate of drug-likeness (QED) is 0.148. The van der Waals surface area contributed by atoms with Gasteiger partial charge in [-0.3, -0.25) is 0 Å². The SMILES string of the molecule is c1ccc(N(c2cc(-c3ccc4c(c3)c3ccccc3n4-c3ccccc3)cc(-n3c4ccccc4c4ccccc43)c2)c2ccc3c(c2)C(c2ccccc2)(c2ccccc2)c2ccccc2-3)cc1. The van der Waals surface area contributed by atoms with Crippen molar-refractivity contribution < 1.29 is 0 Å². The molecule has 2 heterocycles. The van der Waals surface area contributed by atoms with E-state index in [-0.39, 0.29) is 0 Å². The van der Waals surface area contributed by atoms with Crippen molar-refractivity contribution in [2.24, 2.45) is 0 Å². The van der Waals surface area contributed by atoms with Crippen LogP contribution in [0.15, 0.2) is 273 Å². The van der Waals surface area contributed by atoms with Gasteiger partial charge in [0.15, 0.2) is 0 Å². The van der Waals surface area contributed by atoms with E-state index in [2.05, 4.69) is 287 Å². The third kappa shape index (κ3) is 6.01. The number of benzene rings is 11. The average molecular weight is 892 g/mol. The maximum atomic E-state index is 2.47. The van der Waals surface area contributed by atoms with Gasteiger partial charge in [-0.1, -0.05) is 188 Å². The summed E-state index contributed by atoms with van der Waals surface area (Å²) in [6.07, 6.45) is 0. The molecule has 0 atom stereocenters. The van der Waals surface area contributed by atoms with Gasteiger partial charge in [0, 0.05) is 50.0 Å². The highest BCUT2D eigenvalue weighted by molar-refractivity contribution is 6.11. The smallest absolute Gasteiger partial charge is 0.0714 e. The minimum absolute atomic E-state index is 0.545. The van der Waals surface area contributed by atoms with Gasteiger partial charge in [-0.05, 0) is 129 Å². The topological polar surface area (TPSA) is 13.1 Å². The van der Waals surface area contributed by atoms with Crippen LogP contribution in [0.25, 0.3) is 77.2 Å². The Balaban J connectivity index is 1.05. The van der Waals surface area contributed by atoms with Crippen LogP contribution in [0.2, 0.25) is 0 Å². The van der Waals surface area contributed by atoms with E-state index in [1.165, 1.54) is 77.0 Å². The molecule has 3 nitrogen and oxygen atoms in total. The van der Waals surface area contributed by atoms with Gasteiger partial charge in [0.2, 0.25) is 0 Å². The third-order valence-electron chi connectivity index (χ3n) is 14.7. The first-order valence-corrected chi connectivity index (χ1v) is 24.2. The van der Waals surface area contributed by atoms with Crippen molar-refractivity contribution in [1.82, 2.24) is 9.13 Å². The highest BCUT2D eigenvalue weighted by atomic mass is 15.1. The molecule has 0 saturated heterocycles. The molecule has 1 aliphatic carbocycles. The molecule has 70 heavy (non-hydrogen) atoms. The highest BCUT2D eigenvalue weighted by Gasteiger charge is 2.46. The Morgan fingerprint density at radius 2 is 0.771 bits per heavy atom. The molecule has 0 unspecified atom stereocenters. The molecular weight excluding hydrogens is 847 g/mol. The zero-order valence-electron chi connectivity index (χ0n) is 38.3. The first-order valence-electron chi connectivity index (χ1n) is 24.2. The Morgan fingerprint density at radius 3 is 1.41 bits per heavy atom. The molecule has 11 aromatic carbocycles. The standard InChI is InChI=1S/C67H45N3/c1-5-21-48(22-6-1)67(49-23-7-2-8-24-49)61-33-17-13-29-55(61)56-39-38-52(45-62(56)67)68(50-25-9-3-10-26-50)53-41-47(42-54(44-53)70-63-34-18-14-30-57(63)58-31-15-19-35-64(58)70)46-37-40-66-60(43-46)59-32-16-20-36-65(59)69(66)51-27-11-4-12-28-51/h1-45H. The Labute approximate surface area is 407 Å². The summed E-state index contributed by atoms with van der Waals surface area (Å²) in [6, 6.07) is 101. The Bertz CT molecular complexity index is 4020. The van der Waals surface area contributed by atoms with Crippen molar-refractivity contribution >= 4 is 60.7 Å². The van der Waals surface area contributed by atoms with Crippen LogP contribution < -0.4 is 4.90 Å². The number of rotatable bonds is 8. The van der Waals surface area contributed by atoms with Crippen molar-refractivity contribution in [1.29, 1.82) is 0 Å². The lowest BCUT2D eigenvalue weighted by Gasteiger charge is -2.35. The van der Waals surface area contributed by atoms with Gasteiger partial charge < -0.3 is 14.0 Å². The maximum absolute atomic E-state index is 2.47. The highest BCUT2D eigenvalue weighted by Crippen LogP contribution is 2.57. The molecule has 1 aliphatic rings. The van der Waals surface area contributed by atoms with Crippen molar-refractivity contribution in [3.05, 3.63) is 295 Å². The summed E-state index contributed by atoms with van der Waals surface area (Å²) in [5, 5.41) is 4.91. The summed E-state index contributed by atoms with van der Waals surface area (Å²) in [7, 11) is 0. The van der Waals surface area contributed by atoms with E-state index in [1.807, 2.05) is 0 Å². The van der Waals surface area contributed by atoms with E-state index >= 15 is 0 Å². The summed E-state index contributed by atoms with van der Waals surface area (Å²) in [5.41, 5.74) is 19.5. The van der Waals surface area contributed by atoms with Gasteiger partial charge in [0.1, 0.15) is 0 Å². The third-order valence-corrected chi connectivity index (χ3v) is 14.7. The Kier molecular flexibility index (Phi) is 9.11. The van der Waals surface area contributed by atoms with E-state index in [0.717, 1.165) is 39.6 Å². The van der Waals surface area contributed by atoms with Crippen LogP contribution in [0.4, 0.5) is 17.1 Å². The molecule has 0 spiro atoms. The second-order valence-electron chi connectivity index (χ2n) is 18.5. The van der Waals surface area contributed by atoms with E-state index in [0.29, 0.717) is 0 Å². The van der Waals surface area contributed by atoms with Crippen LogP contribution in [0.3, 0.4) is 0 Å². The van der Waals surface area contributed by atoms with E-state index in [1.54, 1.807) is 0 Å². The lowest BCUT2D eigenvalue weighted by molar-refractivity contribution is 0.768. The number of hydrogen-bond acceptors (Lipinski definition) is 1.